The third kappa shape index (κ3) is 5.33. The summed E-state index contributed by atoms with van der Waals surface area (Å²) in [4.78, 5) is 24.1. The van der Waals surface area contributed by atoms with Gasteiger partial charge in [0.2, 0.25) is 5.91 Å². The maximum Gasteiger partial charge on any atom is 0.441 e. The fraction of sp³-hybridized carbons (Fsp3) is 0.500. The lowest BCUT2D eigenvalue weighted by Gasteiger charge is -2.35. The summed E-state index contributed by atoms with van der Waals surface area (Å²) in [6, 6.07) is 4.10. The lowest BCUT2D eigenvalue weighted by Crippen LogP contribution is -2.69. The van der Waals surface area contributed by atoms with E-state index in [0.717, 1.165) is 18.2 Å². The molecule has 0 radical (unpaired) electrons. The SMILES string of the molecule is CCOC(=O)C(NC(=O)CC(C)C)(Nc1cccc(F)c1)C(F)(F)F. The fourth-order valence-electron chi connectivity index (χ4n) is 2.04. The average molecular weight is 364 g/mol. The Morgan fingerprint density at radius 1 is 1.24 bits per heavy atom. The molecule has 5 nitrogen and oxygen atoms in total. The Morgan fingerprint density at radius 2 is 1.88 bits per heavy atom. The number of rotatable bonds is 7. The molecule has 9 heteroatoms. The van der Waals surface area contributed by atoms with E-state index in [0.29, 0.717) is 0 Å². The smallest absolute Gasteiger partial charge is 0.441 e. The number of alkyl halides is 3. The van der Waals surface area contributed by atoms with Crippen molar-refractivity contribution in [3.05, 3.63) is 30.1 Å². The van der Waals surface area contributed by atoms with Crippen LogP contribution >= 0.6 is 0 Å². The van der Waals surface area contributed by atoms with Crippen LogP contribution in [-0.2, 0) is 14.3 Å². The van der Waals surface area contributed by atoms with Crippen LogP contribution in [0.1, 0.15) is 27.2 Å². The van der Waals surface area contributed by atoms with Crippen molar-refractivity contribution in [1.82, 2.24) is 5.32 Å². The van der Waals surface area contributed by atoms with Crippen molar-refractivity contribution in [2.45, 2.75) is 39.0 Å². The molecule has 0 heterocycles. The molecule has 0 spiro atoms. The topological polar surface area (TPSA) is 67.4 Å². The number of amides is 1. The van der Waals surface area contributed by atoms with Gasteiger partial charge in [-0.15, -0.1) is 0 Å². The van der Waals surface area contributed by atoms with Gasteiger partial charge in [0.1, 0.15) is 5.82 Å². The zero-order valence-electron chi connectivity index (χ0n) is 14.0. The first-order valence-corrected chi connectivity index (χ1v) is 7.60. The standard InChI is InChI=1S/C16H20F4N2O3/c1-4-25-14(24)15(16(18,19)20,22-13(23)8-10(2)3)21-12-7-5-6-11(17)9-12/h5-7,9-10,21H,4,8H2,1-3H3,(H,22,23). The number of benzene rings is 1. The van der Waals surface area contributed by atoms with E-state index in [4.69, 9.17) is 0 Å². The lowest BCUT2D eigenvalue weighted by atomic mass is 10.1. The van der Waals surface area contributed by atoms with E-state index in [1.54, 1.807) is 19.2 Å². The second-order valence-corrected chi connectivity index (χ2v) is 5.75. The summed E-state index contributed by atoms with van der Waals surface area (Å²) in [5, 5.41) is 3.57. The highest BCUT2D eigenvalue weighted by molar-refractivity contribution is 5.91. The van der Waals surface area contributed by atoms with E-state index in [1.165, 1.54) is 13.0 Å². The minimum Gasteiger partial charge on any atom is -0.463 e. The largest absolute Gasteiger partial charge is 0.463 e. The van der Waals surface area contributed by atoms with Crippen molar-refractivity contribution in [2.24, 2.45) is 5.92 Å². The molecule has 1 rings (SSSR count). The summed E-state index contributed by atoms with van der Waals surface area (Å²) in [5.74, 6) is -3.77. The molecule has 1 unspecified atom stereocenters. The second kappa shape index (κ2) is 8.17. The van der Waals surface area contributed by atoms with Crippen molar-refractivity contribution >= 4 is 17.6 Å². The third-order valence-corrected chi connectivity index (χ3v) is 3.08. The molecule has 140 valence electrons. The minimum absolute atomic E-state index is 0.234. The van der Waals surface area contributed by atoms with Gasteiger partial charge in [-0.3, -0.25) is 4.79 Å². The van der Waals surface area contributed by atoms with Gasteiger partial charge in [0.15, 0.2) is 0 Å². The molecule has 0 fully saturated rings. The maximum atomic E-state index is 13.8. The van der Waals surface area contributed by atoms with E-state index in [9.17, 15) is 27.2 Å². The summed E-state index contributed by atoms with van der Waals surface area (Å²) in [7, 11) is 0. The van der Waals surface area contributed by atoms with Crippen molar-refractivity contribution in [2.75, 3.05) is 11.9 Å². The lowest BCUT2D eigenvalue weighted by molar-refractivity contribution is -0.208. The number of hydrogen-bond acceptors (Lipinski definition) is 4. The number of esters is 1. The first-order valence-electron chi connectivity index (χ1n) is 7.60. The molecule has 0 aliphatic carbocycles. The Balaban J connectivity index is 3.33. The number of hydrogen-bond donors (Lipinski definition) is 2. The Hall–Kier alpha value is -2.32. The summed E-state index contributed by atoms with van der Waals surface area (Å²) >= 11 is 0. The fourth-order valence-corrected chi connectivity index (χ4v) is 2.04. The number of carbonyl (C=O) groups excluding carboxylic acids is 2. The van der Waals surface area contributed by atoms with Crippen molar-refractivity contribution < 1.29 is 31.9 Å². The maximum absolute atomic E-state index is 13.8. The summed E-state index contributed by atoms with van der Waals surface area (Å²) < 4.78 is 59.1. The van der Waals surface area contributed by atoms with Gasteiger partial charge in [0, 0.05) is 12.1 Å². The molecule has 2 N–H and O–H groups in total. The number of carbonyl (C=O) groups is 2. The van der Waals surface area contributed by atoms with E-state index in [1.807, 2.05) is 5.32 Å². The van der Waals surface area contributed by atoms with Crippen LogP contribution in [0.5, 0.6) is 0 Å². The van der Waals surface area contributed by atoms with Crippen LogP contribution in [0, 0.1) is 11.7 Å². The molecule has 0 aromatic heterocycles. The van der Waals surface area contributed by atoms with Crippen LogP contribution in [0.3, 0.4) is 0 Å². The summed E-state index contributed by atoms with van der Waals surface area (Å²) in [6.45, 7) is 4.27. The summed E-state index contributed by atoms with van der Waals surface area (Å²) in [6.07, 6.45) is -5.47. The first kappa shape index (κ1) is 20.7. The van der Waals surface area contributed by atoms with Crippen LogP contribution in [0.25, 0.3) is 0 Å². The zero-order chi connectivity index (χ0) is 19.3. The Kier molecular flexibility index (Phi) is 6.78. The molecular weight excluding hydrogens is 344 g/mol. The molecule has 1 aromatic rings. The van der Waals surface area contributed by atoms with Crippen LogP contribution in [0.15, 0.2) is 24.3 Å². The Bertz CT molecular complexity index is 620. The second-order valence-electron chi connectivity index (χ2n) is 5.75. The zero-order valence-corrected chi connectivity index (χ0v) is 14.0. The molecule has 0 saturated carbocycles. The average Bonchev–Trinajstić information content (AvgIpc) is 2.44. The van der Waals surface area contributed by atoms with E-state index >= 15 is 0 Å². The number of nitrogens with one attached hydrogen (secondary N) is 2. The van der Waals surface area contributed by atoms with Crippen LogP contribution in [0.4, 0.5) is 23.2 Å². The first-order chi connectivity index (χ1) is 11.5. The molecule has 0 aliphatic heterocycles. The van der Waals surface area contributed by atoms with Gasteiger partial charge in [-0.25, -0.2) is 9.18 Å². The van der Waals surface area contributed by atoms with Crippen molar-refractivity contribution in [3.63, 3.8) is 0 Å². The highest BCUT2D eigenvalue weighted by Crippen LogP contribution is 2.33. The molecule has 0 bridgehead atoms. The van der Waals surface area contributed by atoms with Gasteiger partial charge in [0.25, 0.3) is 0 Å². The quantitative estimate of drug-likeness (QED) is 0.443. The van der Waals surface area contributed by atoms with Crippen LogP contribution in [0.2, 0.25) is 0 Å². The van der Waals surface area contributed by atoms with Gasteiger partial charge >= 0.3 is 17.8 Å². The molecule has 1 amide bonds. The van der Waals surface area contributed by atoms with Gasteiger partial charge in [-0.1, -0.05) is 19.9 Å². The number of anilines is 1. The Labute approximate surface area is 142 Å². The minimum atomic E-state index is -5.24. The number of halogens is 4. The predicted octanol–water partition coefficient (Wildman–Crippen LogP) is 3.22. The monoisotopic (exact) mass is 364 g/mol. The van der Waals surface area contributed by atoms with Gasteiger partial charge in [-0.2, -0.15) is 13.2 Å². The van der Waals surface area contributed by atoms with E-state index < -0.39 is 29.5 Å². The van der Waals surface area contributed by atoms with E-state index in [2.05, 4.69) is 4.74 Å². The van der Waals surface area contributed by atoms with Gasteiger partial charge < -0.3 is 15.4 Å². The van der Waals surface area contributed by atoms with Crippen LogP contribution in [-0.4, -0.2) is 30.3 Å². The van der Waals surface area contributed by atoms with Gasteiger partial charge in [0.05, 0.1) is 6.61 Å². The van der Waals surface area contributed by atoms with E-state index in [-0.39, 0.29) is 24.6 Å². The highest BCUT2D eigenvalue weighted by atomic mass is 19.4. The number of ether oxygens (including phenoxy) is 1. The molecule has 1 aromatic carbocycles. The highest BCUT2D eigenvalue weighted by Gasteiger charge is 2.63. The predicted molar refractivity (Wildman–Crippen MR) is 83.0 cm³/mol. The normalized spacial score (nSPS) is 13.9. The molecular formula is C16H20F4N2O3. The van der Waals surface area contributed by atoms with Crippen molar-refractivity contribution in [3.8, 4) is 0 Å². The Morgan fingerprint density at radius 3 is 2.36 bits per heavy atom. The molecule has 0 aliphatic rings. The van der Waals surface area contributed by atoms with Gasteiger partial charge in [-0.05, 0) is 31.0 Å². The molecule has 1 atom stereocenters. The third-order valence-electron chi connectivity index (χ3n) is 3.08. The van der Waals surface area contributed by atoms with Crippen molar-refractivity contribution in [1.29, 1.82) is 0 Å². The molecule has 0 saturated heterocycles. The summed E-state index contributed by atoms with van der Waals surface area (Å²) in [5.41, 5.74) is -3.86. The van der Waals surface area contributed by atoms with Crippen LogP contribution < -0.4 is 10.6 Å². The molecule has 25 heavy (non-hydrogen) atoms.